The molecule has 0 unspecified atom stereocenters. The molecule has 1 aliphatic rings. The van der Waals surface area contributed by atoms with Crippen molar-refractivity contribution >= 4 is 17.5 Å². The molecule has 2 heterocycles. The van der Waals surface area contributed by atoms with E-state index in [0.717, 1.165) is 54.8 Å². The third kappa shape index (κ3) is 4.74. The van der Waals surface area contributed by atoms with E-state index in [0.29, 0.717) is 12.1 Å². The molecule has 0 radical (unpaired) electrons. The minimum Gasteiger partial charge on any atom is -0.497 e. The number of anilines is 2. The average molecular weight is 369 g/mol. The molecule has 0 bridgehead atoms. The Hall–Kier alpha value is -2.67. The van der Waals surface area contributed by atoms with Crippen LogP contribution in [0.25, 0.3) is 0 Å². The van der Waals surface area contributed by atoms with Gasteiger partial charge in [0.15, 0.2) is 0 Å². The van der Waals surface area contributed by atoms with Crippen molar-refractivity contribution in [2.45, 2.75) is 20.3 Å². The molecule has 1 fully saturated rings. The Morgan fingerprint density at radius 2 is 1.67 bits per heavy atom. The number of hydrogen-bond acceptors (Lipinski definition) is 6. The standard InChI is InChI=1S/C20H27N5O2/c1-14-19(23-18(26)13-16-5-7-17(27-4)8-6-16)15(2)22-20(21-14)25-11-9-24(3)10-12-25/h5-8H,9-13H2,1-4H3,(H,23,26). The highest BCUT2D eigenvalue weighted by molar-refractivity contribution is 5.93. The van der Waals surface area contributed by atoms with Gasteiger partial charge >= 0.3 is 0 Å². The van der Waals surface area contributed by atoms with Gasteiger partial charge in [-0.3, -0.25) is 4.79 Å². The maximum Gasteiger partial charge on any atom is 0.228 e. The summed E-state index contributed by atoms with van der Waals surface area (Å²) in [6.45, 7) is 7.66. The van der Waals surface area contributed by atoms with Crippen LogP contribution in [0.2, 0.25) is 0 Å². The van der Waals surface area contributed by atoms with Crippen LogP contribution in [0, 0.1) is 13.8 Å². The van der Waals surface area contributed by atoms with Gasteiger partial charge in [-0.2, -0.15) is 0 Å². The second kappa shape index (κ2) is 8.35. The zero-order valence-electron chi connectivity index (χ0n) is 16.5. The molecule has 1 saturated heterocycles. The quantitative estimate of drug-likeness (QED) is 0.870. The minimum absolute atomic E-state index is 0.0812. The molecule has 1 N–H and O–H groups in total. The normalized spacial score (nSPS) is 14.9. The van der Waals surface area contributed by atoms with Crippen molar-refractivity contribution in [3.8, 4) is 5.75 Å². The zero-order chi connectivity index (χ0) is 19.4. The van der Waals surface area contributed by atoms with Crippen molar-refractivity contribution in [1.29, 1.82) is 0 Å². The van der Waals surface area contributed by atoms with Crippen LogP contribution >= 0.6 is 0 Å². The van der Waals surface area contributed by atoms with Crippen LogP contribution in [0.15, 0.2) is 24.3 Å². The number of amides is 1. The number of likely N-dealkylation sites (N-methyl/N-ethyl adjacent to an activating group) is 1. The van der Waals surface area contributed by atoms with E-state index >= 15 is 0 Å². The summed E-state index contributed by atoms with van der Waals surface area (Å²) in [4.78, 5) is 26.2. The van der Waals surface area contributed by atoms with Gasteiger partial charge < -0.3 is 19.9 Å². The first-order chi connectivity index (χ1) is 13.0. The molecule has 1 aromatic heterocycles. The van der Waals surface area contributed by atoms with Crippen molar-refractivity contribution in [3.05, 3.63) is 41.2 Å². The number of piperazine rings is 1. The number of nitrogens with one attached hydrogen (secondary N) is 1. The van der Waals surface area contributed by atoms with Crippen molar-refractivity contribution in [1.82, 2.24) is 14.9 Å². The highest BCUT2D eigenvalue weighted by atomic mass is 16.5. The Morgan fingerprint density at radius 1 is 1.07 bits per heavy atom. The van der Waals surface area contributed by atoms with E-state index < -0.39 is 0 Å². The van der Waals surface area contributed by atoms with Crippen molar-refractivity contribution in [2.75, 3.05) is 50.6 Å². The number of carbonyl (C=O) groups excluding carboxylic acids is 1. The lowest BCUT2D eigenvalue weighted by molar-refractivity contribution is -0.115. The van der Waals surface area contributed by atoms with E-state index in [-0.39, 0.29) is 5.91 Å². The molecular formula is C20H27N5O2. The number of aryl methyl sites for hydroxylation is 2. The van der Waals surface area contributed by atoms with Gasteiger partial charge in [-0.25, -0.2) is 9.97 Å². The van der Waals surface area contributed by atoms with Crippen molar-refractivity contribution < 1.29 is 9.53 Å². The highest BCUT2D eigenvalue weighted by Gasteiger charge is 2.19. The molecule has 3 rings (SSSR count). The molecule has 1 aromatic carbocycles. The molecule has 7 nitrogen and oxygen atoms in total. The molecule has 27 heavy (non-hydrogen) atoms. The second-order valence-electron chi connectivity index (χ2n) is 6.93. The van der Waals surface area contributed by atoms with Crippen LogP contribution < -0.4 is 15.0 Å². The number of hydrogen-bond donors (Lipinski definition) is 1. The summed E-state index contributed by atoms with van der Waals surface area (Å²) in [5, 5.41) is 2.97. The Morgan fingerprint density at radius 3 is 2.22 bits per heavy atom. The fourth-order valence-corrected chi connectivity index (χ4v) is 3.14. The molecule has 0 spiro atoms. The highest BCUT2D eigenvalue weighted by Crippen LogP contribution is 2.21. The fraction of sp³-hybridized carbons (Fsp3) is 0.450. The average Bonchev–Trinajstić information content (AvgIpc) is 2.66. The third-order valence-corrected chi connectivity index (χ3v) is 4.83. The maximum absolute atomic E-state index is 12.4. The maximum atomic E-state index is 12.4. The third-order valence-electron chi connectivity index (χ3n) is 4.83. The van der Waals surface area contributed by atoms with Gasteiger partial charge in [-0.15, -0.1) is 0 Å². The summed E-state index contributed by atoms with van der Waals surface area (Å²) >= 11 is 0. The van der Waals surface area contributed by atoms with Gasteiger partial charge in [0.25, 0.3) is 0 Å². The Balaban J connectivity index is 1.68. The zero-order valence-corrected chi connectivity index (χ0v) is 16.5. The van der Waals surface area contributed by atoms with E-state index in [2.05, 4.69) is 32.1 Å². The SMILES string of the molecule is COc1ccc(CC(=O)Nc2c(C)nc(N3CCN(C)CC3)nc2C)cc1. The summed E-state index contributed by atoms with van der Waals surface area (Å²) in [6.07, 6.45) is 0.295. The van der Waals surface area contributed by atoms with E-state index in [1.54, 1.807) is 7.11 Å². The van der Waals surface area contributed by atoms with Crippen molar-refractivity contribution in [3.63, 3.8) is 0 Å². The van der Waals surface area contributed by atoms with Crippen LogP contribution in [0.1, 0.15) is 17.0 Å². The lowest BCUT2D eigenvalue weighted by Gasteiger charge is -2.32. The monoisotopic (exact) mass is 369 g/mol. The predicted octanol–water partition coefficient (Wildman–Crippen LogP) is 2.04. The predicted molar refractivity (Wildman–Crippen MR) is 107 cm³/mol. The van der Waals surface area contributed by atoms with Gasteiger partial charge in [-0.05, 0) is 38.6 Å². The topological polar surface area (TPSA) is 70.6 Å². The first-order valence-corrected chi connectivity index (χ1v) is 9.18. The first kappa shape index (κ1) is 19.1. The van der Waals surface area contributed by atoms with Gasteiger partial charge in [0.2, 0.25) is 11.9 Å². The first-order valence-electron chi connectivity index (χ1n) is 9.18. The molecule has 0 saturated carbocycles. The van der Waals surface area contributed by atoms with Crippen LogP contribution in [-0.2, 0) is 11.2 Å². The van der Waals surface area contributed by atoms with Gasteiger partial charge in [-0.1, -0.05) is 12.1 Å². The smallest absolute Gasteiger partial charge is 0.228 e. The van der Waals surface area contributed by atoms with E-state index in [1.165, 1.54) is 0 Å². The number of nitrogens with zero attached hydrogens (tertiary/aromatic N) is 4. The van der Waals surface area contributed by atoms with E-state index in [1.807, 2.05) is 38.1 Å². The summed E-state index contributed by atoms with van der Waals surface area (Å²) in [5.74, 6) is 1.44. The van der Waals surface area contributed by atoms with Crippen molar-refractivity contribution in [2.24, 2.45) is 0 Å². The lowest BCUT2D eigenvalue weighted by atomic mass is 10.1. The molecule has 0 aliphatic carbocycles. The molecule has 144 valence electrons. The number of carbonyl (C=O) groups is 1. The van der Waals surface area contributed by atoms with Crippen LogP contribution in [0.3, 0.4) is 0 Å². The number of benzene rings is 1. The molecule has 1 amide bonds. The van der Waals surface area contributed by atoms with Crippen LogP contribution in [0.5, 0.6) is 5.75 Å². The molecule has 1 aliphatic heterocycles. The van der Waals surface area contributed by atoms with E-state index in [9.17, 15) is 4.79 Å². The largest absolute Gasteiger partial charge is 0.497 e. The summed E-state index contributed by atoms with van der Waals surface area (Å²) in [6, 6.07) is 7.50. The van der Waals surface area contributed by atoms with Crippen LogP contribution in [-0.4, -0.2) is 61.1 Å². The summed E-state index contributed by atoms with van der Waals surface area (Å²) in [7, 11) is 3.75. The van der Waals surface area contributed by atoms with Crippen LogP contribution in [0.4, 0.5) is 11.6 Å². The molecule has 0 atom stereocenters. The van der Waals surface area contributed by atoms with Gasteiger partial charge in [0, 0.05) is 26.2 Å². The van der Waals surface area contributed by atoms with Gasteiger partial charge in [0.05, 0.1) is 30.6 Å². The van der Waals surface area contributed by atoms with E-state index in [4.69, 9.17) is 4.74 Å². The second-order valence-corrected chi connectivity index (χ2v) is 6.93. The Kier molecular flexibility index (Phi) is 5.91. The number of methoxy groups -OCH3 is 1. The Labute approximate surface area is 160 Å². The fourth-order valence-electron chi connectivity index (χ4n) is 3.14. The Bertz CT molecular complexity index is 776. The number of aromatic nitrogens is 2. The number of rotatable bonds is 5. The lowest BCUT2D eigenvalue weighted by Crippen LogP contribution is -2.45. The number of ether oxygens (including phenoxy) is 1. The summed E-state index contributed by atoms with van der Waals surface area (Å²) < 4.78 is 5.14. The molecular weight excluding hydrogens is 342 g/mol. The van der Waals surface area contributed by atoms with Gasteiger partial charge in [0.1, 0.15) is 5.75 Å². The molecule has 7 heteroatoms. The summed E-state index contributed by atoms with van der Waals surface area (Å²) in [5.41, 5.74) is 3.21. The minimum atomic E-state index is -0.0812. The molecule has 2 aromatic rings.